The van der Waals surface area contributed by atoms with Gasteiger partial charge in [0.1, 0.15) is 4.21 Å². The quantitative estimate of drug-likeness (QED) is 0.948. The third kappa shape index (κ3) is 2.48. The number of thiophene rings is 1. The van der Waals surface area contributed by atoms with Crippen LogP contribution in [0.5, 0.6) is 0 Å². The minimum Gasteiger partial charge on any atom is -0.294 e. The van der Waals surface area contributed by atoms with Gasteiger partial charge < -0.3 is 0 Å². The molecule has 20 heavy (non-hydrogen) atoms. The molecule has 0 saturated carbocycles. The highest BCUT2D eigenvalue weighted by molar-refractivity contribution is 7.94. The van der Waals surface area contributed by atoms with Gasteiger partial charge in [0.15, 0.2) is 5.78 Å². The molecule has 1 aliphatic rings. The lowest BCUT2D eigenvalue weighted by Crippen LogP contribution is -2.14. The molecule has 0 aliphatic heterocycles. The van der Waals surface area contributed by atoms with E-state index in [4.69, 9.17) is 0 Å². The van der Waals surface area contributed by atoms with Crippen LogP contribution in [-0.2, 0) is 16.4 Å². The molecular weight excluding hydrogens is 294 g/mol. The molecule has 104 valence electrons. The number of anilines is 1. The number of Topliss-reactive ketones (excluding diaryl/α,β-unsaturated/α-hetero) is 1. The summed E-state index contributed by atoms with van der Waals surface area (Å²) in [5, 5.41) is 1.71. The second-order valence-corrected chi connectivity index (χ2v) is 7.54. The van der Waals surface area contributed by atoms with E-state index in [0.29, 0.717) is 17.7 Å². The van der Waals surface area contributed by atoms with Crippen LogP contribution in [-0.4, -0.2) is 14.2 Å². The van der Waals surface area contributed by atoms with E-state index < -0.39 is 10.0 Å². The van der Waals surface area contributed by atoms with Gasteiger partial charge in [0.2, 0.25) is 0 Å². The van der Waals surface area contributed by atoms with Crippen LogP contribution in [0, 0.1) is 0 Å². The third-order valence-electron chi connectivity index (χ3n) is 3.27. The minimum atomic E-state index is -3.56. The van der Waals surface area contributed by atoms with Gasteiger partial charge in [-0.25, -0.2) is 8.42 Å². The van der Waals surface area contributed by atoms with Crippen molar-refractivity contribution in [2.75, 3.05) is 4.72 Å². The van der Waals surface area contributed by atoms with Crippen LogP contribution in [0.2, 0.25) is 0 Å². The normalized spacial score (nSPS) is 14.9. The maximum atomic E-state index is 12.1. The first-order chi connectivity index (χ1) is 9.56. The zero-order valence-corrected chi connectivity index (χ0v) is 12.3. The van der Waals surface area contributed by atoms with E-state index in [9.17, 15) is 13.2 Å². The first-order valence-electron chi connectivity index (χ1n) is 6.29. The van der Waals surface area contributed by atoms with E-state index in [-0.39, 0.29) is 9.99 Å². The summed E-state index contributed by atoms with van der Waals surface area (Å²) in [6, 6.07) is 8.43. The Hall–Kier alpha value is -1.66. The molecule has 3 rings (SSSR count). The molecule has 4 nitrogen and oxygen atoms in total. The van der Waals surface area contributed by atoms with Gasteiger partial charge in [0.05, 0.1) is 0 Å². The van der Waals surface area contributed by atoms with Crippen LogP contribution < -0.4 is 4.72 Å². The maximum Gasteiger partial charge on any atom is 0.271 e. The second kappa shape index (κ2) is 5.03. The van der Waals surface area contributed by atoms with Gasteiger partial charge in [-0.05, 0) is 42.0 Å². The van der Waals surface area contributed by atoms with Crippen LogP contribution in [0.1, 0.15) is 28.8 Å². The lowest BCUT2D eigenvalue weighted by atomic mass is 9.90. The minimum absolute atomic E-state index is 0.0865. The van der Waals surface area contributed by atoms with Gasteiger partial charge in [-0.1, -0.05) is 12.1 Å². The predicted molar refractivity (Wildman–Crippen MR) is 78.8 cm³/mol. The van der Waals surface area contributed by atoms with Gasteiger partial charge in [0, 0.05) is 17.7 Å². The van der Waals surface area contributed by atoms with Gasteiger partial charge in [0.25, 0.3) is 10.0 Å². The molecule has 0 radical (unpaired) electrons. The van der Waals surface area contributed by atoms with Crippen LogP contribution in [0.25, 0.3) is 0 Å². The molecule has 0 unspecified atom stereocenters. The Morgan fingerprint density at radius 2 is 2.00 bits per heavy atom. The number of benzene rings is 1. The van der Waals surface area contributed by atoms with Crippen molar-refractivity contribution in [1.29, 1.82) is 0 Å². The topological polar surface area (TPSA) is 63.2 Å². The van der Waals surface area contributed by atoms with E-state index in [1.54, 1.807) is 29.6 Å². The first kappa shape index (κ1) is 13.3. The fraction of sp³-hybridized carbons (Fsp3) is 0.214. The molecule has 0 fully saturated rings. The molecule has 0 amide bonds. The fourth-order valence-corrected chi connectivity index (χ4v) is 4.36. The van der Waals surface area contributed by atoms with Crippen molar-refractivity contribution in [3.63, 3.8) is 0 Å². The molecule has 0 spiro atoms. The number of hydrogen-bond donors (Lipinski definition) is 1. The largest absolute Gasteiger partial charge is 0.294 e. The number of ketones is 1. The summed E-state index contributed by atoms with van der Waals surface area (Å²) < 4.78 is 27.0. The molecule has 0 bridgehead atoms. The lowest BCUT2D eigenvalue weighted by Gasteiger charge is -2.16. The number of hydrogen-bond acceptors (Lipinski definition) is 4. The number of carbonyl (C=O) groups is 1. The van der Waals surface area contributed by atoms with Crippen LogP contribution >= 0.6 is 11.3 Å². The summed E-state index contributed by atoms with van der Waals surface area (Å²) in [5.74, 6) is 0.0865. The fourth-order valence-electron chi connectivity index (χ4n) is 2.31. The van der Waals surface area contributed by atoms with Crippen LogP contribution in [0.3, 0.4) is 0 Å². The molecule has 1 N–H and O–H groups in total. The third-order valence-corrected chi connectivity index (χ3v) is 6.05. The van der Waals surface area contributed by atoms with Crippen molar-refractivity contribution in [2.24, 2.45) is 0 Å². The average Bonchev–Trinajstić information content (AvgIpc) is 2.94. The van der Waals surface area contributed by atoms with Crippen molar-refractivity contribution < 1.29 is 13.2 Å². The van der Waals surface area contributed by atoms with E-state index in [2.05, 4.69) is 4.72 Å². The van der Waals surface area contributed by atoms with Gasteiger partial charge in [-0.3, -0.25) is 9.52 Å². The Bertz CT molecular complexity index is 749. The molecule has 2 aromatic rings. The standard InChI is InChI=1S/C14H13NO3S2/c16-13-4-1-3-10-6-7-11(9-12(10)13)15-20(17,18)14-5-2-8-19-14/h2,5-9,15H,1,3-4H2. The van der Waals surface area contributed by atoms with E-state index in [1.165, 1.54) is 0 Å². The number of fused-ring (bicyclic) bond motifs is 1. The van der Waals surface area contributed by atoms with Crippen LogP contribution in [0.4, 0.5) is 5.69 Å². The summed E-state index contributed by atoms with van der Waals surface area (Å²) >= 11 is 1.16. The van der Waals surface area contributed by atoms with Gasteiger partial charge >= 0.3 is 0 Å². The van der Waals surface area contributed by atoms with Crippen molar-refractivity contribution in [2.45, 2.75) is 23.5 Å². The molecule has 0 saturated heterocycles. The lowest BCUT2D eigenvalue weighted by molar-refractivity contribution is 0.0972. The smallest absolute Gasteiger partial charge is 0.271 e. The predicted octanol–water partition coefficient (Wildman–Crippen LogP) is 3.07. The Morgan fingerprint density at radius 3 is 2.75 bits per heavy atom. The van der Waals surface area contributed by atoms with Crippen molar-refractivity contribution in [1.82, 2.24) is 0 Å². The number of sulfonamides is 1. The van der Waals surface area contributed by atoms with Crippen LogP contribution in [0.15, 0.2) is 39.9 Å². The molecule has 1 aromatic heterocycles. The first-order valence-corrected chi connectivity index (χ1v) is 8.65. The highest BCUT2D eigenvalue weighted by Gasteiger charge is 2.20. The molecule has 6 heteroatoms. The second-order valence-electron chi connectivity index (χ2n) is 4.69. The number of rotatable bonds is 3. The molecule has 1 aromatic carbocycles. The highest BCUT2D eigenvalue weighted by atomic mass is 32.2. The summed E-state index contributed by atoms with van der Waals surface area (Å²) in [6.45, 7) is 0. The molecule has 0 atom stereocenters. The summed E-state index contributed by atoms with van der Waals surface area (Å²) in [7, 11) is -3.56. The number of aryl methyl sites for hydroxylation is 1. The average molecular weight is 307 g/mol. The number of carbonyl (C=O) groups excluding carboxylic acids is 1. The summed E-state index contributed by atoms with van der Waals surface area (Å²) in [6.07, 6.45) is 2.28. The Morgan fingerprint density at radius 1 is 1.15 bits per heavy atom. The van der Waals surface area contributed by atoms with Crippen molar-refractivity contribution >= 4 is 32.8 Å². The van der Waals surface area contributed by atoms with Gasteiger partial charge in [-0.15, -0.1) is 11.3 Å². The summed E-state index contributed by atoms with van der Waals surface area (Å²) in [5.41, 5.74) is 2.08. The summed E-state index contributed by atoms with van der Waals surface area (Å²) in [4.78, 5) is 11.9. The molecular formula is C14H13NO3S2. The zero-order valence-electron chi connectivity index (χ0n) is 10.6. The Balaban J connectivity index is 1.93. The molecule has 1 heterocycles. The Labute approximate surface area is 121 Å². The van der Waals surface area contributed by atoms with Gasteiger partial charge in [-0.2, -0.15) is 0 Å². The highest BCUT2D eigenvalue weighted by Crippen LogP contribution is 2.26. The SMILES string of the molecule is O=C1CCCc2ccc(NS(=O)(=O)c3cccs3)cc21. The maximum absolute atomic E-state index is 12.1. The Kier molecular flexibility index (Phi) is 3.35. The zero-order chi connectivity index (χ0) is 14.2. The van der Waals surface area contributed by atoms with Crippen molar-refractivity contribution in [3.05, 3.63) is 46.8 Å². The van der Waals surface area contributed by atoms with E-state index in [1.807, 2.05) is 6.07 Å². The molecule has 1 aliphatic carbocycles. The monoisotopic (exact) mass is 307 g/mol. The number of nitrogens with one attached hydrogen (secondary N) is 1. The van der Waals surface area contributed by atoms with Crippen molar-refractivity contribution in [3.8, 4) is 0 Å². The van der Waals surface area contributed by atoms with E-state index in [0.717, 1.165) is 29.7 Å². The van der Waals surface area contributed by atoms with E-state index >= 15 is 0 Å².